The first kappa shape index (κ1) is 15.9. The maximum atomic E-state index is 12.9. The van der Waals surface area contributed by atoms with Gasteiger partial charge in [-0.15, -0.1) is 0 Å². The zero-order valence-electron chi connectivity index (χ0n) is 12.7. The molecule has 0 bridgehead atoms. The molecule has 0 aromatic rings. The number of fused-ring (bicyclic) bond motifs is 1. The number of ether oxygens (including phenoxy) is 2. The molecule has 2 aliphatic heterocycles. The lowest BCUT2D eigenvalue weighted by Crippen LogP contribution is -2.47. The largest absolute Gasteiger partial charge is 0.467 e. The quantitative estimate of drug-likeness (QED) is 0.528. The third kappa shape index (κ3) is 2.41. The normalized spacial score (nSPS) is 39.0. The van der Waals surface area contributed by atoms with Gasteiger partial charge < -0.3 is 24.3 Å². The number of amides is 1. The van der Waals surface area contributed by atoms with Gasteiger partial charge in [-0.3, -0.25) is 9.59 Å². The Morgan fingerprint density at radius 2 is 2.17 bits per heavy atom. The third-order valence-electron chi connectivity index (χ3n) is 5.20. The van der Waals surface area contributed by atoms with E-state index in [0.717, 1.165) is 0 Å². The number of aliphatic hydroxyl groups is 1. The summed E-state index contributed by atoms with van der Waals surface area (Å²) in [6.07, 6.45) is 0.768. The number of cyclic esters (lactones) is 1. The van der Waals surface area contributed by atoms with Crippen molar-refractivity contribution in [3.8, 4) is 0 Å². The number of aliphatic hydroxyl groups excluding tert-OH is 1. The van der Waals surface area contributed by atoms with Crippen LogP contribution in [0, 0.1) is 23.7 Å². The average Bonchev–Trinajstić information content (AvgIpc) is 3.22. The highest BCUT2D eigenvalue weighted by molar-refractivity contribution is 5.92. The van der Waals surface area contributed by atoms with Crippen molar-refractivity contribution >= 4 is 24.1 Å². The first-order valence-corrected chi connectivity index (χ1v) is 7.71. The standard InChI is InChI=1S/C15H19NO7/c1-22-14(20)9-3-2-4-16(9)12(18)10-7(6-17)5-8-11(10)15(21)23-13(8)19/h6-11,13,19H,2-5H2,1H3/t7-,8-,9-,10+,11-,13?/m0/s1. The van der Waals surface area contributed by atoms with E-state index in [1.54, 1.807) is 0 Å². The molecule has 0 radical (unpaired) electrons. The van der Waals surface area contributed by atoms with Gasteiger partial charge in [-0.25, -0.2) is 4.79 Å². The molecule has 3 fully saturated rings. The molecule has 2 heterocycles. The van der Waals surface area contributed by atoms with Gasteiger partial charge >= 0.3 is 11.9 Å². The van der Waals surface area contributed by atoms with Crippen LogP contribution in [0.1, 0.15) is 19.3 Å². The Balaban J connectivity index is 1.86. The van der Waals surface area contributed by atoms with Crippen molar-refractivity contribution in [2.75, 3.05) is 13.7 Å². The number of methoxy groups -OCH3 is 1. The number of hydrogen-bond acceptors (Lipinski definition) is 7. The molecule has 0 aromatic heterocycles. The van der Waals surface area contributed by atoms with Crippen LogP contribution in [0.25, 0.3) is 0 Å². The second-order valence-corrected chi connectivity index (χ2v) is 6.29. The van der Waals surface area contributed by atoms with Crippen LogP contribution < -0.4 is 0 Å². The van der Waals surface area contributed by atoms with Gasteiger partial charge in [-0.05, 0) is 19.3 Å². The SMILES string of the molecule is COC(=O)[C@@H]1CCCN1C(=O)[C@H]1[C@H]2C(=O)OC(O)[C@H]2C[C@H]1C=O. The van der Waals surface area contributed by atoms with E-state index in [4.69, 9.17) is 9.47 Å². The van der Waals surface area contributed by atoms with Crippen molar-refractivity contribution in [1.29, 1.82) is 0 Å². The van der Waals surface area contributed by atoms with Crippen LogP contribution in [0.3, 0.4) is 0 Å². The molecule has 8 heteroatoms. The van der Waals surface area contributed by atoms with Gasteiger partial charge in [0.1, 0.15) is 12.3 Å². The molecule has 2 saturated heterocycles. The lowest BCUT2D eigenvalue weighted by atomic mass is 9.87. The molecule has 1 amide bonds. The van der Waals surface area contributed by atoms with Crippen LogP contribution in [0.15, 0.2) is 0 Å². The van der Waals surface area contributed by atoms with E-state index >= 15 is 0 Å². The third-order valence-corrected chi connectivity index (χ3v) is 5.20. The predicted molar refractivity (Wildman–Crippen MR) is 73.5 cm³/mol. The van der Waals surface area contributed by atoms with Crippen molar-refractivity contribution in [3.05, 3.63) is 0 Å². The summed E-state index contributed by atoms with van der Waals surface area (Å²) in [6.45, 7) is 0.385. The van der Waals surface area contributed by atoms with Crippen molar-refractivity contribution in [1.82, 2.24) is 4.90 Å². The van der Waals surface area contributed by atoms with E-state index < -0.39 is 53.8 Å². The smallest absolute Gasteiger partial charge is 0.328 e. The lowest BCUT2D eigenvalue weighted by Gasteiger charge is -2.28. The summed E-state index contributed by atoms with van der Waals surface area (Å²) in [5.41, 5.74) is 0. The molecular weight excluding hydrogens is 306 g/mol. The van der Waals surface area contributed by atoms with Crippen LogP contribution in [-0.4, -0.2) is 60.1 Å². The van der Waals surface area contributed by atoms with Crippen LogP contribution in [0.5, 0.6) is 0 Å². The van der Waals surface area contributed by atoms with Gasteiger partial charge in [0.05, 0.1) is 18.9 Å². The lowest BCUT2D eigenvalue weighted by molar-refractivity contribution is -0.161. The maximum Gasteiger partial charge on any atom is 0.328 e. The second-order valence-electron chi connectivity index (χ2n) is 6.29. The molecule has 0 aromatic carbocycles. The van der Waals surface area contributed by atoms with E-state index in [1.807, 2.05) is 0 Å². The molecule has 126 valence electrons. The number of carbonyl (C=O) groups is 4. The summed E-state index contributed by atoms with van der Waals surface area (Å²) in [5.74, 6) is -4.47. The molecule has 3 rings (SSSR count). The Labute approximate surface area is 132 Å². The monoisotopic (exact) mass is 325 g/mol. The highest BCUT2D eigenvalue weighted by Crippen LogP contribution is 2.48. The Kier molecular flexibility index (Phi) is 4.09. The molecule has 8 nitrogen and oxygen atoms in total. The fourth-order valence-corrected chi connectivity index (χ4v) is 4.12. The molecular formula is C15H19NO7. The zero-order valence-corrected chi connectivity index (χ0v) is 12.7. The highest BCUT2D eigenvalue weighted by atomic mass is 16.6. The Morgan fingerprint density at radius 3 is 2.83 bits per heavy atom. The minimum absolute atomic E-state index is 0.230. The number of esters is 2. The zero-order chi connectivity index (χ0) is 16.7. The molecule has 1 unspecified atom stereocenters. The molecule has 23 heavy (non-hydrogen) atoms. The first-order chi connectivity index (χ1) is 11.0. The van der Waals surface area contributed by atoms with E-state index in [2.05, 4.69) is 0 Å². The fourth-order valence-electron chi connectivity index (χ4n) is 4.12. The van der Waals surface area contributed by atoms with Crippen LogP contribution >= 0.6 is 0 Å². The number of aldehydes is 1. The van der Waals surface area contributed by atoms with Gasteiger partial charge in [-0.2, -0.15) is 0 Å². The van der Waals surface area contributed by atoms with E-state index in [-0.39, 0.29) is 6.42 Å². The average molecular weight is 325 g/mol. The summed E-state index contributed by atoms with van der Waals surface area (Å²) in [4.78, 5) is 49.5. The van der Waals surface area contributed by atoms with Gasteiger partial charge in [0.25, 0.3) is 0 Å². The minimum atomic E-state index is -1.28. The van der Waals surface area contributed by atoms with Crippen LogP contribution in [0.2, 0.25) is 0 Å². The Morgan fingerprint density at radius 1 is 1.43 bits per heavy atom. The Hall–Kier alpha value is -1.96. The van der Waals surface area contributed by atoms with E-state index in [0.29, 0.717) is 25.7 Å². The summed E-state index contributed by atoms with van der Waals surface area (Å²) in [5, 5.41) is 9.77. The van der Waals surface area contributed by atoms with Crippen LogP contribution in [-0.2, 0) is 28.7 Å². The number of hydrogen-bond donors (Lipinski definition) is 1. The molecule has 6 atom stereocenters. The topological polar surface area (TPSA) is 110 Å². The molecule has 1 aliphatic carbocycles. The summed E-state index contributed by atoms with van der Waals surface area (Å²) >= 11 is 0. The summed E-state index contributed by atoms with van der Waals surface area (Å²) < 4.78 is 9.52. The van der Waals surface area contributed by atoms with Crippen molar-refractivity contribution in [3.63, 3.8) is 0 Å². The minimum Gasteiger partial charge on any atom is -0.467 e. The second kappa shape index (κ2) is 5.92. The van der Waals surface area contributed by atoms with Gasteiger partial charge in [0.15, 0.2) is 0 Å². The van der Waals surface area contributed by atoms with Crippen LogP contribution in [0.4, 0.5) is 0 Å². The van der Waals surface area contributed by atoms with Gasteiger partial charge in [-0.1, -0.05) is 0 Å². The molecule has 0 spiro atoms. The molecule has 3 aliphatic rings. The summed E-state index contributed by atoms with van der Waals surface area (Å²) in [7, 11) is 1.26. The Bertz CT molecular complexity index is 548. The highest BCUT2D eigenvalue weighted by Gasteiger charge is 2.59. The number of rotatable bonds is 3. The van der Waals surface area contributed by atoms with Crippen molar-refractivity contribution < 1.29 is 33.8 Å². The maximum absolute atomic E-state index is 12.9. The van der Waals surface area contributed by atoms with E-state index in [9.17, 15) is 24.3 Å². The number of carbonyl (C=O) groups excluding carboxylic acids is 4. The van der Waals surface area contributed by atoms with Gasteiger partial charge in [0.2, 0.25) is 12.2 Å². The van der Waals surface area contributed by atoms with Gasteiger partial charge in [0, 0.05) is 18.4 Å². The number of nitrogens with zero attached hydrogens (tertiary/aromatic N) is 1. The first-order valence-electron chi connectivity index (χ1n) is 7.71. The molecule has 1 N–H and O–H groups in total. The van der Waals surface area contributed by atoms with Crippen molar-refractivity contribution in [2.45, 2.75) is 31.6 Å². The van der Waals surface area contributed by atoms with Crippen molar-refractivity contribution in [2.24, 2.45) is 23.7 Å². The van der Waals surface area contributed by atoms with E-state index in [1.165, 1.54) is 12.0 Å². The predicted octanol–water partition coefficient (Wildman–Crippen LogP) is -0.907. The number of likely N-dealkylation sites (tertiary alicyclic amines) is 1. The molecule has 1 saturated carbocycles. The summed E-state index contributed by atoms with van der Waals surface area (Å²) in [6, 6.07) is -0.679. The fraction of sp³-hybridized carbons (Fsp3) is 0.733.